The molecule has 0 saturated carbocycles. The zero-order valence-electron chi connectivity index (χ0n) is 20.3. The molecule has 2 aromatic heterocycles. The number of hydrogen-bond acceptors (Lipinski definition) is 6. The van der Waals surface area contributed by atoms with Crippen molar-refractivity contribution in [3.63, 3.8) is 0 Å². The zero-order valence-corrected chi connectivity index (χ0v) is 20.3. The smallest absolute Gasteiger partial charge is 0.232 e. The number of aromatic nitrogens is 4. The number of nitrogens with one attached hydrogen (secondary N) is 1. The summed E-state index contributed by atoms with van der Waals surface area (Å²) in [5.41, 5.74) is 3.01. The first-order valence-corrected chi connectivity index (χ1v) is 12.3. The van der Waals surface area contributed by atoms with Crippen LogP contribution in [0.25, 0.3) is 11.0 Å². The van der Waals surface area contributed by atoms with Gasteiger partial charge in [-0.05, 0) is 48.7 Å². The number of rotatable bonds is 8. The van der Waals surface area contributed by atoms with Crippen LogP contribution in [0.2, 0.25) is 0 Å². The van der Waals surface area contributed by atoms with E-state index >= 15 is 0 Å². The highest BCUT2D eigenvalue weighted by molar-refractivity contribution is 5.89. The van der Waals surface area contributed by atoms with Gasteiger partial charge in [0.05, 0.1) is 17.6 Å². The minimum absolute atomic E-state index is 0.0576. The third kappa shape index (κ3) is 5.52. The molecule has 1 fully saturated rings. The number of nitrogens with zero attached hydrogens (tertiary/aromatic N) is 6. The van der Waals surface area contributed by atoms with Gasteiger partial charge in [0.1, 0.15) is 5.82 Å². The standard InChI is InChI=1S/C27H30FN7O/c1-20(36)34(26-29-13-4-14-30-26)18-17-33-15-11-23(12-16-33)31-27-32-24-5-2-3-6-25(24)35(27)19-21-7-9-22(28)10-8-21/h2-10,13-14,23H,11-12,15-19H2,1H3,(H,31,32). The number of fused-ring (bicyclic) bond motifs is 1. The summed E-state index contributed by atoms with van der Waals surface area (Å²) in [5.74, 6) is 0.990. The summed E-state index contributed by atoms with van der Waals surface area (Å²) in [4.78, 5) is 29.4. The summed E-state index contributed by atoms with van der Waals surface area (Å²) in [5, 5.41) is 3.67. The average Bonchev–Trinajstić information content (AvgIpc) is 3.23. The van der Waals surface area contributed by atoms with Crippen molar-refractivity contribution in [1.82, 2.24) is 24.4 Å². The number of para-hydroxylation sites is 2. The molecule has 1 aliphatic heterocycles. The Morgan fingerprint density at radius 2 is 1.78 bits per heavy atom. The summed E-state index contributed by atoms with van der Waals surface area (Å²) in [6, 6.07) is 16.7. The average molecular weight is 488 g/mol. The lowest BCUT2D eigenvalue weighted by Crippen LogP contribution is -2.44. The van der Waals surface area contributed by atoms with Crippen LogP contribution in [0.4, 0.5) is 16.3 Å². The number of likely N-dealkylation sites (tertiary alicyclic amines) is 1. The highest BCUT2D eigenvalue weighted by Gasteiger charge is 2.23. The van der Waals surface area contributed by atoms with Crippen molar-refractivity contribution < 1.29 is 9.18 Å². The molecule has 8 nitrogen and oxygen atoms in total. The van der Waals surface area contributed by atoms with E-state index in [1.807, 2.05) is 30.3 Å². The van der Waals surface area contributed by atoms with E-state index in [-0.39, 0.29) is 11.7 Å². The lowest BCUT2D eigenvalue weighted by Gasteiger charge is -2.33. The first-order valence-electron chi connectivity index (χ1n) is 12.3. The van der Waals surface area contributed by atoms with Gasteiger partial charge in [-0.15, -0.1) is 0 Å². The molecule has 0 spiro atoms. The second-order valence-electron chi connectivity index (χ2n) is 9.12. The fourth-order valence-corrected chi connectivity index (χ4v) is 4.67. The van der Waals surface area contributed by atoms with Crippen molar-refractivity contribution in [3.8, 4) is 0 Å². The molecule has 3 heterocycles. The maximum absolute atomic E-state index is 13.4. The molecule has 0 radical (unpaired) electrons. The predicted octanol–water partition coefficient (Wildman–Crippen LogP) is 3.94. The number of carbonyl (C=O) groups is 1. The van der Waals surface area contributed by atoms with E-state index in [2.05, 4.69) is 30.8 Å². The predicted molar refractivity (Wildman–Crippen MR) is 138 cm³/mol. The summed E-state index contributed by atoms with van der Waals surface area (Å²) in [6.07, 6.45) is 5.25. The minimum atomic E-state index is -0.234. The minimum Gasteiger partial charge on any atom is -0.353 e. The number of halogens is 1. The van der Waals surface area contributed by atoms with Gasteiger partial charge in [0.15, 0.2) is 0 Å². The van der Waals surface area contributed by atoms with Gasteiger partial charge in [0.2, 0.25) is 17.8 Å². The van der Waals surface area contributed by atoms with Crippen molar-refractivity contribution >= 4 is 28.8 Å². The van der Waals surface area contributed by atoms with Gasteiger partial charge in [0, 0.05) is 51.5 Å². The summed E-state index contributed by atoms with van der Waals surface area (Å²) in [6.45, 7) is 5.35. The number of imidazole rings is 1. The largest absolute Gasteiger partial charge is 0.353 e. The summed E-state index contributed by atoms with van der Waals surface area (Å²) in [7, 11) is 0. The van der Waals surface area contributed by atoms with Crippen LogP contribution in [0.3, 0.4) is 0 Å². The molecule has 9 heteroatoms. The van der Waals surface area contributed by atoms with E-state index in [0.717, 1.165) is 55.0 Å². The van der Waals surface area contributed by atoms with Gasteiger partial charge in [-0.3, -0.25) is 9.69 Å². The molecule has 0 atom stereocenters. The van der Waals surface area contributed by atoms with Gasteiger partial charge in [-0.2, -0.15) is 0 Å². The van der Waals surface area contributed by atoms with E-state index < -0.39 is 0 Å². The summed E-state index contributed by atoms with van der Waals surface area (Å²) >= 11 is 0. The maximum atomic E-state index is 13.4. The first kappa shape index (κ1) is 23.9. The van der Waals surface area contributed by atoms with Crippen LogP contribution in [0.15, 0.2) is 67.0 Å². The Balaban J connectivity index is 1.22. The Morgan fingerprint density at radius 1 is 1.06 bits per heavy atom. The van der Waals surface area contributed by atoms with Crippen LogP contribution in [-0.4, -0.2) is 62.5 Å². The fraction of sp³-hybridized carbons (Fsp3) is 0.333. The van der Waals surface area contributed by atoms with Gasteiger partial charge >= 0.3 is 0 Å². The highest BCUT2D eigenvalue weighted by atomic mass is 19.1. The Morgan fingerprint density at radius 3 is 2.50 bits per heavy atom. The lowest BCUT2D eigenvalue weighted by molar-refractivity contribution is -0.116. The van der Waals surface area contributed by atoms with E-state index in [9.17, 15) is 9.18 Å². The number of carbonyl (C=O) groups excluding carboxylic acids is 1. The van der Waals surface area contributed by atoms with Crippen LogP contribution in [0, 0.1) is 5.82 Å². The summed E-state index contributed by atoms with van der Waals surface area (Å²) < 4.78 is 15.6. The van der Waals surface area contributed by atoms with Crippen molar-refractivity contribution in [3.05, 3.63) is 78.4 Å². The molecule has 0 aliphatic carbocycles. The topological polar surface area (TPSA) is 79.2 Å². The number of amides is 1. The molecule has 1 N–H and O–H groups in total. The van der Waals surface area contributed by atoms with Crippen LogP contribution >= 0.6 is 0 Å². The third-order valence-corrected chi connectivity index (χ3v) is 6.64. The molecular weight excluding hydrogens is 457 g/mol. The Hall–Kier alpha value is -3.85. The number of benzene rings is 2. The molecule has 1 amide bonds. The van der Waals surface area contributed by atoms with Crippen LogP contribution in [-0.2, 0) is 11.3 Å². The molecule has 1 saturated heterocycles. The van der Waals surface area contributed by atoms with Gasteiger partial charge < -0.3 is 14.8 Å². The van der Waals surface area contributed by atoms with Crippen molar-refractivity contribution in [1.29, 1.82) is 0 Å². The van der Waals surface area contributed by atoms with Gasteiger partial charge in [-0.1, -0.05) is 24.3 Å². The number of hydrogen-bond donors (Lipinski definition) is 1. The molecule has 1 aliphatic rings. The third-order valence-electron chi connectivity index (χ3n) is 6.64. The second kappa shape index (κ2) is 10.8. The van der Waals surface area contributed by atoms with E-state index in [4.69, 9.17) is 4.98 Å². The van der Waals surface area contributed by atoms with Crippen LogP contribution in [0.1, 0.15) is 25.3 Å². The maximum Gasteiger partial charge on any atom is 0.232 e. The fourth-order valence-electron chi connectivity index (χ4n) is 4.67. The van der Waals surface area contributed by atoms with Gasteiger partial charge in [-0.25, -0.2) is 19.3 Å². The first-order chi connectivity index (χ1) is 17.6. The molecule has 0 unspecified atom stereocenters. The molecule has 36 heavy (non-hydrogen) atoms. The Bertz CT molecular complexity index is 1300. The molecule has 5 rings (SSSR count). The van der Waals surface area contributed by atoms with Crippen molar-refractivity contribution in [2.45, 2.75) is 32.4 Å². The molecule has 2 aromatic carbocycles. The normalized spacial score (nSPS) is 14.7. The monoisotopic (exact) mass is 487 g/mol. The van der Waals surface area contributed by atoms with E-state index in [1.54, 1.807) is 30.3 Å². The number of anilines is 2. The van der Waals surface area contributed by atoms with E-state index in [1.165, 1.54) is 12.1 Å². The quantitative estimate of drug-likeness (QED) is 0.406. The van der Waals surface area contributed by atoms with Crippen molar-refractivity contribution in [2.75, 3.05) is 36.4 Å². The van der Waals surface area contributed by atoms with Crippen LogP contribution in [0.5, 0.6) is 0 Å². The van der Waals surface area contributed by atoms with Gasteiger partial charge in [0.25, 0.3) is 0 Å². The highest BCUT2D eigenvalue weighted by Crippen LogP contribution is 2.24. The molecule has 0 bridgehead atoms. The second-order valence-corrected chi connectivity index (χ2v) is 9.12. The van der Waals surface area contributed by atoms with E-state index in [0.29, 0.717) is 25.1 Å². The molecular formula is C27H30FN7O. The SMILES string of the molecule is CC(=O)N(CCN1CCC(Nc2nc3ccccc3n2Cc2ccc(F)cc2)CC1)c1ncccn1. The van der Waals surface area contributed by atoms with Crippen molar-refractivity contribution in [2.24, 2.45) is 0 Å². The van der Waals surface area contributed by atoms with Crippen LogP contribution < -0.4 is 10.2 Å². The Labute approximate surface area is 209 Å². The zero-order chi connectivity index (χ0) is 24.9. The molecule has 186 valence electrons. The molecule has 4 aromatic rings. The Kier molecular flexibility index (Phi) is 7.18. The number of piperidine rings is 1. The lowest BCUT2D eigenvalue weighted by atomic mass is 10.1.